The number of aliphatic hydroxyl groups excluding tert-OH is 1. The van der Waals surface area contributed by atoms with Crippen LogP contribution in [0.2, 0.25) is 5.15 Å². The number of fused-ring (bicyclic) bond motifs is 1. The van der Waals surface area contributed by atoms with E-state index < -0.39 is 5.69 Å². The number of nitrogen functional groups attached to an aromatic ring is 1. The van der Waals surface area contributed by atoms with Gasteiger partial charge in [0.1, 0.15) is 23.2 Å². The van der Waals surface area contributed by atoms with E-state index in [1.165, 1.54) is 9.08 Å². The molecule has 0 aliphatic heterocycles. The number of benzene rings is 1. The van der Waals surface area contributed by atoms with Gasteiger partial charge in [0.05, 0.1) is 17.9 Å². The number of aromatic amines is 1. The molecule has 5 aromatic rings. The van der Waals surface area contributed by atoms with E-state index in [0.717, 1.165) is 5.56 Å². The molecule has 10 nitrogen and oxygen atoms in total. The average Bonchev–Trinajstić information content (AvgIpc) is 3.37. The van der Waals surface area contributed by atoms with Gasteiger partial charge in [-0.25, -0.2) is 19.7 Å². The number of aryl methyl sites for hydroxylation is 1. The molecule has 33 heavy (non-hydrogen) atoms. The summed E-state index contributed by atoms with van der Waals surface area (Å²) in [6.45, 7) is -0.119. The zero-order chi connectivity index (χ0) is 23.1. The molecule has 0 amide bonds. The molecule has 0 fully saturated rings. The van der Waals surface area contributed by atoms with E-state index in [1.807, 2.05) is 41.9 Å². The van der Waals surface area contributed by atoms with Crippen molar-refractivity contribution in [2.24, 2.45) is 7.05 Å². The summed E-state index contributed by atoms with van der Waals surface area (Å²) in [6, 6.07) is 12.9. The number of rotatable bonds is 5. The molecule has 0 aliphatic rings. The minimum atomic E-state index is -0.412. The number of aromatic nitrogens is 7. The number of aliphatic hydroxyl groups is 1. The van der Waals surface area contributed by atoms with Crippen molar-refractivity contribution >= 4 is 23.2 Å². The van der Waals surface area contributed by atoms with Gasteiger partial charge in [-0.1, -0.05) is 41.9 Å². The van der Waals surface area contributed by atoms with Crippen LogP contribution in [0.15, 0.2) is 59.7 Å². The minimum Gasteiger partial charge on any atom is -0.390 e. The molecule has 0 spiro atoms. The Kier molecular flexibility index (Phi) is 5.15. The van der Waals surface area contributed by atoms with Crippen LogP contribution in [0, 0.1) is 0 Å². The number of imidazole rings is 1. The molecule has 4 aromatic heterocycles. The number of pyridine rings is 1. The quantitative estimate of drug-likeness (QED) is 0.380. The summed E-state index contributed by atoms with van der Waals surface area (Å²) in [5.41, 5.74) is 9.35. The first-order valence-corrected chi connectivity index (χ1v) is 10.5. The molecule has 4 heterocycles. The molecule has 0 radical (unpaired) electrons. The monoisotopic (exact) mass is 463 g/mol. The average molecular weight is 464 g/mol. The molecule has 5 rings (SSSR count). The Morgan fingerprint density at radius 3 is 2.67 bits per heavy atom. The van der Waals surface area contributed by atoms with Crippen molar-refractivity contribution in [3.63, 3.8) is 0 Å². The zero-order valence-electron chi connectivity index (χ0n) is 17.6. The number of anilines is 1. The summed E-state index contributed by atoms with van der Waals surface area (Å²) >= 11 is 6.25. The molecule has 1 aromatic carbocycles. The molecule has 166 valence electrons. The number of nitrogens with one attached hydrogen (secondary N) is 1. The van der Waals surface area contributed by atoms with E-state index in [-0.39, 0.29) is 24.3 Å². The van der Waals surface area contributed by atoms with Crippen LogP contribution in [0.1, 0.15) is 11.5 Å². The van der Waals surface area contributed by atoms with Gasteiger partial charge >= 0.3 is 11.6 Å². The molecule has 11 heteroatoms. The lowest BCUT2D eigenvalue weighted by Crippen LogP contribution is -2.28. The highest BCUT2D eigenvalue weighted by molar-refractivity contribution is 6.29. The van der Waals surface area contributed by atoms with Gasteiger partial charge in [0.25, 0.3) is 0 Å². The van der Waals surface area contributed by atoms with E-state index in [0.29, 0.717) is 34.0 Å². The third-order valence-electron chi connectivity index (χ3n) is 5.38. The van der Waals surface area contributed by atoms with E-state index in [2.05, 4.69) is 20.1 Å². The van der Waals surface area contributed by atoms with Crippen LogP contribution < -0.4 is 16.4 Å². The van der Waals surface area contributed by atoms with E-state index in [1.54, 1.807) is 24.5 Å². The molecule has 0 saturated carbocycles. The Morgan fingerprint density at radius 1 is 1.18 bits per heavy atom. The van der Waals surface area contributed by atoms with Gasteiger partial charge in [-0.05, 0) is 17.7 Å². The van der Waals surface area contributed by atoms with Crippen LogP contribution in [-0.4, -0.2) is 33.8 Å². The van der Waals surface area contributed by atoms with Crippen molar-refractivity contribution in [3.05, 3.63) is 82.0 Å². The SMILES string of the molecule is Cn1ccnc1Cn1nc2c(-c3cc(Cl)nc(CO)c3)c(-c3ccccc3)[nH+]c(N)n2c1=O. The van der Waals surface area contributed by atoms with Gasteiger partial charge in [-0.15, -0.1) is 9.50 Å². The highest BCUT2D eigenvalue weighted by Crippen LogP contribution is 2.33. The Labute approximate surface area is 192 Å². The van der Waals surface area contributed by atoms with Gasteiger partial charge < -0.3 is 9.67 Å². The van der Waals surface area contributed by atoms with Gasteiger partial charge in [0.2, 0.25) is 5.65 Å². The normalized spacial score (nSPS) is 11.4. The van der Waals surface area contributed by atoms with Gasteiger partial charge in [-0.3, -0.25) is 5.73 Å². The maximum absolute atomic E-state index is 13.3. The van der Waals surface area contributed by atoms with Crippen molar-refractivity contribution in [2.75, 3.05) is 5.73 Å². The van der Waals surface area contributed by atoms with Crippen LogP contribution in [-0.2, 0) is 20.2 Å². The van der Waals surface area contributed by atoms with Crippen molar-refractivity contribution in [3.8, 4) is 22.4 Å². The Morgan fingerprint density at radius 2 is 1.97 bits per heavy atom. The van der Waals surface area contributed by atoms with Crippen molar-refractivity contribution < 1.29 is 10.1 Å². The zero-order valence-corrected chi connectivity index (χ0v) is 18.4. The highest BCUT2D eigenvalue weighted by Gasteiger charge is 2.26. The van der Waals surface area contributed by atoms with Crippen LogP contribution in [0.5, 0.6) is 0 Å². The highest BCUT2D eigenvalue weighted by atomic mass is 35.5. The summed E-state index contributed by atoms with van der Waals surface area (Å²) in [5, 5.41) is 14.5. The van der Waals surface area contributed by atoms with Crippen molar-refractivity contribution in [1.82, 2.24) is 28.7 Å². The molecular weight excluding hydrogens is 444 g/mol. The predicted octanol–water partition coefficient (Wildman–Crippen LogP) is 1.55. The van der Waals surface area contributed by atoms with Gasteiger partial charge in [0, 0.05) is 25.0 Å². The Bertz CT molecular complexity index is 1540. The maximum Gasteiger partial charge on any atom is 0.411 e. The third-order valence-corrected chi connectivity index (χ3v) is 5.57. The Balaban J connectivity index is 1.84. The number of hydrogen-bond donors (Lipinski definition) is 2. The molecular formula is C22H20ClN8O2+. The largest absolute Gasteiger partial charge is 0.411 e. The Hall–Kier alpha value is -4.02. The van der Waals surface area contributed by atoms with Crippen LogP contribution in [0.3, 0.4) is 0 Å². The fraction of sp³-hybridized carbons (Fsp3) is 0.136. The molecule has 4 N–H and O–H groups in total. The number of H-pyrrole nitrogens is 1. The standard InChI is InChI=1S/C22H19ClN8O2/c1-29-8-7-25-17(29)11-30-22(33)31-20(28-30)18(14-9-15(12-32)26-16(23)10-14)19(27-21(31)24)13-5-3-2-4-6-13/h2-10,32H,11-12H2,1H3,(H2,24,27)/p+1. The van der Waals surface area contributed by atoms with Crippen molar-refractivity contribution in [1.29, 1.82) is 0 Å². The van der Waals surface area contributed by atoms with Gasteiger partial charge in [0.15, 0.2) is 0 Å². The maximum atomic E-state index is 13.3. The fourth-order valence-electron chi connectivity index (χ4n) is 3.80. The van der Waals surface area contributed by atoms with Crippen LogP contribution in [0.4, 0.5) is 5.95 Å². The smallest absolute Gasteiger partial charge is 0.390 e. The number of nitrogens with zero attached hydrogens (tertiary/aromatic N) is 6. The van der Waals surface area contributed by atoms with E-state index in [4.69, 9.17) is 17.3 Å². The lowest BCUT2D eigenvalue weighted by atomic mass is 10.00. The van der Waals surface area contributed by atoms with E-state index in [9.17, 15) is 9.90 Å². The number of halogens is 1. The topological polar surface area (TPSA) is 130 Å². The van der Waals surface area contributed by atoms with Crippen LogP contribution in [0.25, 0.3) is 28.0 Å². The predicted molar refractivity (Wildman–Crippen MR) is 122 cm³/mol. The molecule has 0 aliphatic carbocycles. The first-order valence-electron chi connectivity index (χ1n) is 10.1. The first kappa shape index (κ1) is 20.9. The number of hydrogen-bond acceptors (Lipinski definition) is 6. The summed E-state index contributed by atoms with van der Waals surface area (Å²) in [4.78, 5) is 24.8. The van der Waals surface area contributed by atoms with Crippen molar-refractivity contribution in [2.45, 2.75) is 13.2 Å². The van der Waals surface area contributed by atoms with Crippen LogP contribution >= 0.6 is 11.6 Å². The molecule has 0 bridgehead atoms. The first-order chi connectivity index (χ1) is 16.0. The lowest BCUT2D eigenvalue weighted by molar-refractivity contribution is -0.351. The summed E-state index contributed by atoms with van der Waals surface area (Å²) < 4.78 is 4.45. The minimum absolute atomic E-state index is 0.131. The lowest BCUT2D eigenvalue weighted by Gasteiger charge is -2.10. The molecule has 0 unspecified atom stereocenters. The summed E-state index contributed by atoms with van der Waals surface area (Å²) in [5.74, 6) is 0.800. The second kappa shape index (κ2) is 8.15. The molecule has 0 atom stereocenters. The summed E-state index contributed by atoms with van der Waals surface area (Å²) in [7, 11) is 1.85. The van der Waals surface area contributed by atoms with E-state index >= 15 is 0 Å². The summed E-state index contributed by atoms with van der Waals surface area (Å²) in [6.07, 6.45) is 3.46. The second-order valence-corrected chi connectivity index (χ2v) is 7.90. The fourth-order valence-corrected chi connectivity index (χ4v) is 4.03. The second-order valence-electron chi connectivity index (χ2n) is 7.51. The third kappa shape index (κ3) is 3.65. The van der Waals surface area contributed by atoms with Gasteiger partial charge in [-0.2, -0.15) is 4.68 Å². The number of nitrogens with two attached hydrogens (primary N) is 1. The molecule has 0 saturated heterocycles.